The normalized spacial score (nSPS) is 13.7. The number of nitrogens with zero attached hydrogens (tertiary/aromatic N) is 3. The van der Waals surface area contributed by atoms with Crippen LogP contribution in [0.15, 0.2) is 11.6 Å². The van der Waals surface area contributed by atoms with Crippen LogP contribution in [0.5, 0.6) is 0 Å². The molecule has 0 aliphatic rings. The molecule has 0 aliphatic carbocycles. The van der Waals surface area contributed by atoms with Gasteiger partial charge in [0.1, 0.15) is 0 Å². The van der Waals surface area contributed by atoms with Crippen molar-refractivity contribution in [2.24, 2.45) is 0 Å². The van der Waals surface area contributed by atoms with E-state index in [9.17, 15) is 0 Å². The molecule has 2 rings (SSSR count). The van der Waals surface area contributed by atoms with Gasteiger partial charge in [0.15, 0.2) is 4.96 Å². The molecule has 0 aliphatic heterocycles. The topological polar surface area (TPSA) is 32.6 Å². The zero-order valence-corrected chi connectivity index (χ0v) is 11.7. The maximum atomic E-state index is 4.54. The Balaban J connectivity index is 1.99. The van der Waals surface area contributed by atoms with Crippen molar-refractivity contribution in [2.45, 2.75) is 26.4 Å². The summed E-state index contributed by atoms with van der Waals surface area (Å²) in [6.45, 7) is 6.16. The standard InChI is InChI=1S/C12H20N4S/c1-9(15(3)4)7-13-8-11-10(2)14-12-16(11)5-6-17-12/h5-6,9,13H,7-8H2,1-4H3. The molecular formula is C12H20N4S. The van der Waals surface area contributed by atoms with Gasteiger partial charge in [-0.05, 0) is 27.9 Å². The van der Waals surface area contributed by atoms with Crippen LogP contribution in [0.25, 0.3) is 4.96 Å². The fourth-order valence-electron chi connectivity index (χ4n) is 1.74. The zero-order chi connectivity index (χ0) is 12.4. The summed E-state index contributed by atoms with van der Waals surface area (Å²) in [5.41, 5.74) is 2.40. The molecule has 2 aromatic heterocycles. The van der Waals surface area contributed by atoms with E-state index in [0.29, 0.717) is 6.04 Å². The Morgan fingerprint density at radius 2 is 2.29 bits per heavy atom. The first-order chi connectivity index (χ1) is 8.09. The van der Waals surface area contributed by atoms with Gasteiger partial charge in [-0.15, -0.1) is 11.3 Å². The summed E-state index contributed by atoms with van der Waals surface area (Å²) >= 11 is 1.68. The second kappa shape index (κ2) is 5.16. The highest BCUT2D eigenvalue weighted by Crippen LogP contribution is 2.16. The average molecular weight is 252 g/mol. The highest BCUT2D eigenvalue weighted by Gasteiger charge is 2.10. The number of imidazole rings is 1. The smallest absolute Gasteiger partial charge is 0.194 e. The number of aromatic nitrogens is 2. The quantitative estimate of drug-likeness (QED) is 0.880. The number of hydrogen-bond acceptors (Lipinski definition) is 4. The van der Waals surface area contributed by atoms with Crippen molar-refractivity contribution in [3.8, 4) is 0 Å². The van der Waals surface area contributed by atoms with Crippen LogP contribution in [-0.4, -0.2) is 41.0 Å². The van der Waals surface area contributed by atoms with Crippen molar-refractivity contribution in [3.63, 3.8) is 0 Å². The lowest BCUT2D eigenvalue weighted by atomic mass is 10.3. The molecular weight excluding hydrogens is 232 g/mol. The maximum Gasteiger partial charge on any atom is 0.194 e. The predicted octanol–water partition coefficient (Wildman–Crippen LogP) is 1.74. The van der Waals surface area contributed by atoms with E-state index in [4.69, 9.17) is 0 Å². The van der Waals surface area contributed by atoms with Crippen molar-refractivity contribution in [1.82, 2.24) is 19.6 Å². The maximum absolute atomic E-state index is 4.54. The van der Waals surface area contributed by atoms with Crippen LogP contribution in [0.2, 0.25) is 0 Å². The monoisotopic (exact) mass is 252 g/mol. The summed E-state index contributed by atoms with van der Waals surface area (Å²) < 4.78 is 2.17. The Bertz CT molecular complexity index is 486. The number of thiazole rings is 1. The van der Waals surface area contributed by atoms with Crippen molar-refractivity contribution < 1.29 is 0 Å². The molecule has 0 spiro atoms. The number of nitrogens with one attached hydrogen (secondary N) is 1. The van der Waals surface area contributed by atoms with Gasteiger partial charge >= 0.3 is 0 Å². The highest BCUT2D eigenvalue weighted by atomic mass is 32.1. The summed E-state index contributed by atoms with van der Waals surface area (Å²) in [5, 5.41) is 5.57. The van der Waals surface area contributed by atoms with E-state index in [1.54, 1.807) is 11.3 Å². The van der Waals surface area contributed by atoms with E-state index in [0.717, 1.165) is 23.7 Å². The minimum atomic E-state index is 0.543. The van der Waals surface area contributed by atoms with Crippen molar-refractivity contribution in [2.75, 3.05) is 20.6 Å². The molecule has 0 amide bonds. The molecule has 0 aromatic carbocycles. The van der Waals surface area contributed by atoms with Gasteiger partial charge in [-0.2, -0.15) is 0 Å². The molecule has 1 atom stereocenters. The first-order valence-corrected chi connectivity index (χ1v) is 6.75. The molecule has 0 fully saturated rings. The van der Waals surface area contributed by atoms with E-state index in [1.807, 2.05) is 0 Å². The molecule has 0 saturated heterocycles. The van der Waals surface area contributed by atoms with Gasteiger partial charge in [0, 0.05) is 30.7 Å². The van der Waals surface area contributed by atoms with Crippen molar-refractivity contribution in [3.05, 3.63) is 23.0 Å². The van der Waals surface area contributed by atoms with Gasteiger partial charge in [0.2, 0.25) is 0 Å². The second-order valence-corrected chi connectivity index (χ2v) is 5.52. The molecule has 5 heteroatoms. The Morgan fingerprint density at radius 3 is 3.00 bits per heavy atom. The Morgan fingerprint density at radius 1 is 1.53 bits per heavy atom. The summed E-state index contributed by atoms with van der Waals surface area (Å²) in [7, 11) is 4.21. The average Bonchev–Trinajstić information content (AvgIpc) is 2.80. The first kappa shape index (κ1) is 12.5. The van der Waals surface area contributed by atoms with Crippen LogP contribution in [0.4, 0.5) is 0 Å². The first-order valence-electron chi connectivity index (χ1n) is 5.87. The van der Waals surface area contributed by atoms with Gasteiger partial charge in [0.05, 0.1) is 11.4 Å². The third-order valence-corrected chi connectivity index (χ3v) is 3.93. The van der Waals surface area contributed by atoms with E-state index >= 15 is 0 Å². The van der Waals surface area contributed by atoms with Gasteiger partial charge in [-0.3, -0.25) is 4.40 Å². The van der Waals surface area contributed by atoms with Gasteiger partial charge < -0.3 is 10.2 Å². The number of likely N-dealkylation sites (N-methyl/N-ethyl adjacent to an activating group) is 1. The van der Waals surface area contributed by atoms with Crippen LogP contribution in [0, 0.1) is 6.92 Å². The largest absolute Gasteiger partial charge is 0.310 e. The molecule has 1 N–H and O–H groups in total. The number of rotatable bonds is 5. The summed E-state index contributed by atoms with van der Waals surface area (Å²) in [6, 6.07) is 0.543. The molecule has 0 radical (unpaired) electrons. The SMILES string of the molecule is Cc1nc2sccn2c1CNCC(C)N(C)C. The summed E-state index contributed by atoms with van der Waals surface area (Å²) in [6.07, 6.45) is 2.09. The molecule has 0 saturated carbocycles. The van der Waals surface area contributed by atoms with Gasteiger partial charge in [0.25, 0.3) is 0 Å². The Kier molecular flexibility index (Phi) is 3.81. The minimum Gasteiger partial charge on any atom is -0.310 e. The highest BCUT2D eigenvalue weighted by molar-refractivity contribution is 7.15. The molecule has 94 valence electrons. The third-order valence-electron chi connectivity index (χ3n) is 3.17. The lowest BCUT2D eigenvalue weighted by Gasteiger charge is -2.20. The number of hydrogen-bond donors (Lipinski definition) is 1. The summed E-state index contributed by atoms with van der Waals surface area (Å²) in [5.74, 6) is 0. The minimum absolute atomic E-state index is 0.543. The van der Waals surface area contributed by atoms with Crippen molar-refractivity contribution >= 4 is 16.3 Å². The fraction of sp³-hybridized carbons (Fsp3) is 0.583. The van der Waals surface area contributed by atoms with Crippen LogP contribution < -0.4 is 5.32 Å². The molecule has 2 heterocycles. The molecule has 2 aromatic rings. The Labute approximate surface area is 106 Å². The molecule has 1 unspecified atom stereocenters. The number of fused-ring (bicyclic) bond motifs is 1. The van der Waals surface area contributed by atoms with Crippen molar-refractivity contribution in [1.29, 1.82) is 0 Å². The van der Waals surface area contributed by atoms with E-state index < -0.39 is 0 Å². The van der Waals surface area contributed by atoms with Crippen LogP contribution in [0.1, 0.15) is 18.3 Å². The lowest BCUT2D eigenvalue weighted by molar-refractivity contribution is 0.302. The van der Waals surface area contributed by atoms with Crippen LogP contribution in [0.3, 0.4) is 0 Å². The summed E-state index contributed by atoms with van der Waals surface area (Å²) in [4.78, 5) is 7.84. The fourth-order valence-corrected chi connectivity index (χ4v) is 2.51. The number of aryl methyl sites for hydroxylation is 1. The van der Waals surface area contributed by atoms with E-state index in [1.165, 1.54) is 5.69 Å². The Hall–Kier alpha value is -0.910. The predicted molar refractivity (Wildman–Crippen MR) is 72.7 cm³/mol. The van der Waals surface area contributed by atoms with Gasteiger partial charge in [-0.25, -0.2) is 4.98 Å². The molecule has 0 bridgehead atoms. The van der Waals surface area contributed by atoms with Crippen LogP contribution >= 0.6 is 11.3 Å². The lowest BCUT2D eigenvalue weighted by Crippen LogP contribution is -2.35. The third kappa shape index (κ3) is 2.68. The van der Waals surface area contributed by atoms with E-state index in [2.05, 4.69) is 59.1 Å². The van der Waals surface area contributed by atoms with Gasteiger partial charge in [-0.1, -0.05) is 0 Å². The molecule has 4 nitrogen and oxygen atoms in total. The van der Waals surface area contributed by atoms with E-state index in [-0.39, 0.29) is 0 Å². The second-order valence-electron chi connectivity index (χ2n) is 4.64. The molecule has 17 heavy (non-hydrogen) atoms. The zero-order valence-electron chi connectivity index (χ0n) is 10.9. The van der Waals surface area contributed by atoms with Crippen LogP contribution in [-0.2, 0) is 6.54 Å².